The minimum Gasteiger partial charge on any atom is -0.396 e. The molecule has 0 atom stereocenters. The fourth-order valence-electron chi connectivity index (χ4n) is 0.763. The number of hydrogen-bond acceptors (Lipinski definition) is 2. The van der Waals surface area contributed by atoms with Crippen molar-refractivity contribution in [2.24, 2.45) is 0 Å². The SMILES string of the molecule is CC(=O)c1ccc(F)c(N)c1.Cl. The van der Waals surface area contributed by atoms with Crippen LogP contribution in [0, 0.1) is 5.82 Å². The van der Waals surface area contributed by atoms with Crippen molar-refractivity contribution in [2.75, 3.05) is 5.73 Å². The predicted molar refractivity (Wildman–Crippen MR) is 48.1 cm³/mol. The summed E-state index contributed by atoms with van der Waals surface area (Å²) in [6.45, 7) is 1.41. The first-order valence-corrected chi connectivity index (χ1v) is 3.17. The van der Waals surface area contributed by atoms with Crippen molar-refractivity contribution >= 4 is 23.9 Å². The number of Topliss-reactive ketones (excluding diaryl/α,β-unsaturated/α-hetero) is 1. The van der Waals surface area contributed by atoms with Gasteiger partial charge in [-0.05, 0) is 25.1 Å². The molecular weight excluding hydrogens is 181 g/mol. The molecule has 0 aliphatic carbocycles. The van der Waals surface area contributed by atoms with Crippen LogP contribution in [0.4, 0.5) is 10.1 Å². The number of nitrogen functional groups attached to an aromatic ring is 1. The molecule has 0 bridgehead atoms. The van der Waals surface area contributed by atoms with Crippen LogP contribution in [0.15, 0.2) is 18.2 Å². The van der Waals surface area contributed by atoms with Crippen molar-refractivity contribution in [1.82, 2.24) is 0 Å². The van der Waals surface area contributed by atoms with Crippen LogP contribution in [-0.4, -0.2) is 5.78 Å². The van der Waals surface area contributed by atoms with Crippen LogP contribution < -0.4 is 5.73 Å². The van der Waals surface area contributed by atoms with E-state index < -0.39 is 5.82 Å². The van der Waals surface area contributed by atoms with Gasteiger partial charge in [-0.15, -0.1) is 12.4 Å². The number of nitrogens with two attached hydrogens (primary N) is 1. The Morgan fingerprint density at radius 3 is 2.50 bits per heavy atom. The molecule has 0 aliphatic rings. The highest BCUT2D eigenvalue weighted by Crippen LogP contribution is 2.12. The number of carbonyl (C=O) groups excluding carboxylic acids is 1. The summed E-state index contributed by atoms with van der Waals surface area (Å²) in [4.78, 5) is 10.7. The second-order valence-corrected chi connectivity index (χ2v) is 2.29. The van der Waals surface area contributed by atoms with Crippen molar-refractivity contribution < 1.29 is 9.18 Å². The zero-order valence-corrected chi connectivity index (χ0v) is 7.32. The Hall–Kier alpha value is -1.09. The molecule has 12 heavy (non-hydrogen) atoms. The summed E-state index contributed by atoms with van der Waals surface area (Å²) >= 11 is 0. The van der Waals surface area contributed by atoms with Crippen LogP contribution in [0.2, 0.25) is 0 Å². The van der Waals surface area contributed by atoms with Crippen LogP contribution in [0.5, 0.6) is 0 Å². The summed E-state index contributed by atoms with van der Waals surface area (Å²) < 4.78 is 12.5. The fraction of sp³-hybridized carbons (Fsp3) is 0.125. The van der Waals surface area contributed by atoms with Crippen LogP contribution in [0.25, 0.3) is 0 Å². The van der Waals surface area contributed by atoms with E-state index in [0.717, 1.165) is 0 Å². The summed E-state index contributed by atoms with van der Waals surface area (Å²) in [6, 6.07) is 3.93. The van der Waals surface area contributed by atoms with Gasteiger partial charge in [0.2, 0.25) is 0 Å². The zero-order chi connectivity index (χ0) is 8.43. The van der Waals surface area contributed by atoms with Crippen molar-refractivity contribution in [3.8, 4) is 0 Å². The normalized spacial score (nSPS) is 8.83. The molecule has 0 saturated carbocycles. The highest BCUT2D eigenvalue weighted by atomic mass is 35.5. The fourth-order valence-corrected chi connectivity index (χ4v) is 0.763. The first-order chi connectivity index (χ1) is 5.11. The van der Waals surface area contributed by atoms with Gasteiger partial charge in [0, 0.05) is 5.56 Å². The average Bonchev–Trinajstić information content (AvgIpc) is 1.94. The quantitative estimate of drug-likeness (QED) is 0.543. The van der Waals surface area contributed by atoms with Gasteiger partial charge in [-0.25, -0.2) is 4.39 Å². The molecule has 0 fully saturated rings. The van der Waals surface area contributed by atoms with E-state index in [1.54, 1.807) is 0 Å². The molecule has 0 aromatic heterocycles. The number of rotatable bonds is 1. The summed E-state index contributed by atoms with van der Waals surface area (Å²) in [5.41, 5.74) is 5.68. The molecule has 66 valence electrons. The van der Waals surface area contributed by atoms with Crippen LogP contribution >= 0.6 is 12.4 Å². The Labute approximate surface area is 76.0 Å². The Kier molecular flexibility index (Phi) is 3.70. The van der Waals surface area contributed by atoms with Gasteiger partial charge in [-0.3, -0.25) is 4.79 Å². The van der Waals surface area contributed by atoms with Gasteiger partial charge in [0.05, 0.1) is 5.69 Å². The standard InChI is InChI=1S/C8H8FNO.ClH/c1-5(11)6-2-3-7(9)8(10)4-6;/h2-4H,10H2,1H3;1H. The largest absolute Gasteiger partial charge is 0.396 e. The smallest absolute Gasteiger partial charge is 0.159 e. The predicted octanol–water partition coefficient (Wildman–Crippen LogP) is 2.03. The molecule has 1 aromatic rings. The average molecular weight is 190 g/mol. The maximum absolute atomic E-state index is 12.5. The maximum Gasteiger partial charge on any atom is 0.159 e. The molecule has 1 aromatic carbocycles. The molecule has 0 spiro atoms. The van der Waals surface area contributed by atoms with Gasteiger partial charge in [0.15, 0.2) is 5.78 Å². The lowest BCUT2D eigenvalue weighted by molar-refractivity contribution is 0.101. The third-order valence-corrected chi connectivity index (χ3v) is 1.40. The van der Waals surface area contributed by atoms with E-state index in [1.165, 1.54) is 25.1 Å². The number of hydrogen-bond donors (Lipinski definition) is 1. The van der Waals surface area contributed by atoms with Gasteiger partial charge in [0.25, 0.3) is 0 Å². The van der Waals surface area contributed by atoms with Gasteiger partial charge < -0.3 is 5.73 Å². The second-order valence-electron chi connectivity index (χ2n) is 2.29. The number of carbonyl (C=O) groups is 1. The van der Waals surface area contributed by atoms with E-state index in [-0.39, 0.29) is 23.9 Å². The monoisotopic (exact) mass is 189 g/mol. The van der Waals surface area contributed by atoms with Gasteiger partial charge >= 0.3 is 0 Å². The minimum absolute atomic E-state index is 0. The Bertz CT molecular complexity index is 301. The Morgan fingerprint density at radius 2 is 2.08 bits per heavy atom. The third kappa shape index (κ3) is 2.20. The molecule has 4 heteroatoms. The molecule has 2 N–H and O–H groups in total. The first kappa shape index (κ1) is 10.9. The molecule has 0 unspecified atom stereocenters. The number of halogens is 2. The highest BCUT2D eigenvalue weighted by molar-refractivity contribution is 5.94. The van der Waals surface area contributed by atoms with Crippen LogP contribution in [-0.2, 0) is 0 Å². The molecule has 1 rings (SSSR count). The lowest BCUT2D eigenvalue weighted by atomic mass is 10.1. The van der Waals surface area contributed by atoms with Gasteiger partial charge in [-0.2, -0.15) is 0 Å². The Balaban J connectivity index is 0.00000121. The minimum atomic E-state index is -0.491. The van der Waals surface area contributed by atoms with Gasteiger partial charge in [-0.1, -0.05) is 0 Å². The van der Waals surface area contributed by atoms with E-state index in [9.17, 15) is 9.18 Å². The van der Waals surface area contributed by atoms with Crippen molar-refractivity contribution in [1.29, 1.82) is 0 Å². The van der Waals surface area contributed by atoms with Crippen LogP contribution in [0.1, 0.15) is 17.3 Å². The molecule has 0 aliphatic heterocycles. The molecular formula is C8H9ClFNO. The Morgan fingerprint density at radius 1 is 1.50 bits per heavy atom. The van der Waals surface area contributed by atoms with E-state index >= 15 is 0 Å². The van der Waals surface area contributed by atoms with Crippen LogP contribution in [0.3, 0.4) is 0 Å². The van der Waals surface area contributed by atoms with E-state index in [1.807, 2.05) is 0 Å². The summed E-state index contributed by atoms with van der Waals surface area (Å²) in [5, 5.41) is 0. The van der Waals surface area contributed by atoms with Crippen molar-refractivity contribution in [2.45, 2.75) is 6.92 Å². The van der Waals surface area contributed by atoms with Gasteiger partial charge in [0.1, 0.15) is 5.82 Å². The summed E-state index contributed by atoms with van der Waals surface area (Å²) in [7, 11) is 0. The molecule has 0 saturated heterocycles. The van der Waals surface area contributed by atoms with Crippen molar-refractivity contribution in [3.63, 3.8) is 0 Å². The molecule has 0 heterocycles. The van der Waals surface area contributed by atoms with E-state index in [4.69, 9.17) is 5.73 Å². The number of benzene rings is 1. The first-order valence-electron chi connectivity index (χ1n) is 3.17. The number of ketones is 1. The maximum atomic E-state index is 12.5. The highest BCUT2D eigenvalue weighted by Gasteiger charge is 2.02. The number of anilines is 1. The lowest BCUT2D eigenvalue weighted by Gasteiger charge is -1.97. The van der Waals surface area contributed by atoms with Crippen molar-refractivity contribution in [3.05, 3.63) is 29.6 Å². The summed E-state index contributed by atoms with van der Waals surface area (Å²) in [6.07, 6.45) is 0. The topological polar surface area (TPSA) is 43.1 Å². The molecule has 0 amide bonds. The molecule has 0 radical (unpaired) electrons. The summed E-state index contributed by atoms with van der Waals surface area (Å²) in [5.74, 6) is -0.605. The van der Waals surface area contributed by atoms with E-state index in [0.29, 0.717) is 5.56 Å². The second kappa shape index (κ2) is 4.07. The lowest BCUT2D eigenvalue weighted by Crippen LogP contribution is -1.96. The third-order valence-electron chi connectivity index (χ3n) is 1.40. The van der Waals surface area contributed by atoms with E-state index in [2.05, 4.69) is 0 Å². The molecule has 2 nitrogen and oxygen atoms in total. The zero-order valence-electron chi connectivity index (χ0n) is 6.50.